The Morgan fingerprint density at radius 1 is 1.26 bits per heavy atom. The van der Waals surface area contributed by atoms with E-state index in [-0.39, 0.29) is 5.91 Å². The van der Waals surface area contributed by atoms with Crippen LogP contribution in [0.25, 0.3) is 22.2 Å². The zero-order valence-corrected chi connectivity index (χ0v) is 12.7. The zero-order chi connectivity index (χ0) is 16.2. The minimum Gasteiger partial charge on any atom is -0.355 e. The Morgan fingerprint density at radius 2 is 2.04 bits per heavy atom. The van der Waals surface area contributed by atoms with Crippen molar-refractivity contribution in [1.82, 2.24) is 10.1 Å². The van der Waals surface area contributed by atoms with E-state index in [1.54, 1.807) is 30.1 Å². The number of amides is 1. The third-order valence-corrected chi connectivity index (χ3v) is 3.67. The molecule has 0 N–H and O–H groups in total. The third-order valence-electron chi connectivity index (χ3n) is 3.67. The topological polar surface area (TPSA) is 70.1 Å². The molecule has 0 radical (unpaired) electrons. The van der Waals surface area contributed by atoms with Crippen molar-refractivity contribution in [2.24, 2.45) is 0 Å². The van der Waals surface area contributed by atoms with Crippen molar-refractivity contribution < 1.29 is 9.32 Å². The zero-order valence-electron chi connectivity index (χ0n) is 12.7. The summed E-state index contributed by atoms with van der Waals surface area (Å²) in [6.45, 7) is 0.405. The normalized spacial score (nSPS) is 10.4. The fraction of sp³-hybridized carbons (Fsp3) is 0.167. The highest BCUT2D eigenvalue weighted by molar-refractivity contribution is 6.00. The summed E-state index contributed by atoms with van der Waals surface area (Å²) < 4.78 is 5.44. The maximum Gasteiger partial charge on any atom is 0.253 e. The van der Waals surface area contributed by atoms with Crippen LogP contribution < -0.4 is 0 Å². The van der Waals surface area contributed by atoms with Gasteiger partial charge in [-0.25, -0.2) is 0 Å². The molecule has 3 aromatic rings. The van der Waals surface area contributed by atoms with Crippen LogP contribution in [-0.2, 0) is 0 Å². The van der Waals surface area contributed by atoms with Gasteiger partial charge in [0.15, 0.2) is 5.76 Å². The van der Waals surface area contributed by atoms with Crippen molar-refractivity contribution in [2.45, 2.75) is 6.42 Å². The van der Waals surface area contributed by atoms with Crippen LogP contribution in [0.1, 0.15) is 16.8 Å². The molecular formula is C18H15N3O2. The summed E-state index contributed by atoms with van der Waals surface area (Å²) in [5.41, 5.74) is 2.18. The molecule has 2 aromatic carbocycles. The second-order valence-electron chi connectivity index (χ2n) is 5.24. The van der Waals surface area contributed by atoms with E-state index in [1.807, 2.05) is 36.4 Å². The van der Waals surface area contributed by atoms with Crippen molar-refractivity contribution in [1.29, 1.82) is 5.26 Å². The van der Waals surface area contributed by atoms with E-state index in [4.69, 9.17) is 9.78 Å². The molecule has 1 heterocycles. The first-order valence-corrected chi connectivity index (χ1v) is 7.28. The second-order valence-corrected chi connectivity index (χ2v) is 5.24. The van der Waals surface area contributed by atoms with E-state index in [0.29, 0.717) is 29.8 Å². The lowest BCUT2D eigenvalue weighted by Gasteiger charge is -2.15. The van der Waals surface area contributed by atoms with Gasteiger partial charge in [-0.1, -0.05) is 35.5 Å². The van der Waals surface area contributed by atoms with Crippen LogP contribution in [0.4, 0.5) is 0 Å². The summed E-state index contributed by atoms with van der Waals surface area (Å²) in [5, 5.41) is 13.5. The predicted molar refractivity (Wildman–Crippen MR) is 86.6 cm³/mol. The largest absolute Gasteiger partial charge is 0.355 e. The van der Waals surface area contributed by atoms with Crippen molar-refractivity contribution >= 4 is 16.8 Å². The fourth-order valence-electron chi connectivity index (χ4n) is 2.41. The average molecular weight is 305 g/mol. The van der Waals surface area contributed by atoms with Crippen LogP contribution in [0, 0.1) is 11.3 Å². The molecule has 0 saturated carbocycles. The summed E-state index contributed by atoms with van der Waals surface area (Å²) in [6, 6.07) is 17.0. The standard InChI is InChI=1S/C18H15N3O2/c1-21(11-5-10-19)18(22)14-8-9-16-15(12-14)17(23-20-16)13-6-3-2-4-7-13/h2-4,6-9,12H,5,11H2,1H3. The van der Waals surface area contributed by atoms with Gasteiger partial charge in [0.25, 0.3) is 5.91 Å². The molecule has 5 nitrogen and oxygen atoms in total. The van der Waals surface area contributed by atoms with Crippen molar-refractivity contribution in [3.8, 4) is 17.4 Å². The fourth-order valence-corrected chi connectivity index (χ4v) is 2.41. The number of nitriles is 1. The van der Waals surface area contributed by atoms with Crippen LogP contribution in [-0.4, -0.2) is 29.6 Å². The number of rotatable bonds is 4. The highest BCUT2D eigenvalue weighted by Crippen LogP contribution is 2.29. The summed E-state index contributed by atoms with van der Waals surface area (Å²) in [4.78, 5) is 14.0. The van der Waals surface area contributed by atoms with E-state index in [9.17, 15) is 4.79 Å². The number of nitrogens with zero attached hydrogens (tertiary/aromatic N) is 3. The van der Waals surface area contributed by atoms with Crippen LogP contribution in [0.15, 0.2) is 53.1 Å². The van der Waals surface area contributed by atoms with Crippen LogP contribution in [0.3, 0.4) is 0 Å². The number of hydrogen-bond donors (Lipinski definition) is 0. The minimum absolute atomic E-state index is 0.123. The van der Waals surface area contributed by atoms with Gasteiger partial charge in [0, 0.05) is 24.7 Å². The monoisotopic (exact) mass is 305 g/mol. The Labute approximate surface area is 133 Å². The maximum absolute atomic E-state index is 12.4. The number of benzene rings is 2. The molecule has 23 heavy (non-hydrogen) atoms. The molecule has 0 fully saturated rings. The van der Waals surface area contributed by atoms with Gasteiger partial charge < -0.3 is 9.42 Å². The van der Waals surface area contributed by atoms with Gasteiger partial charge in [0.2, 0.25) is 0 Å². The summed E-state index contributed by atoms with van der Waals surface area (Å²) >= 11 is 0. The Hall–Kier alpha value is -3.13. The third kappa shape index (κ3) is 2.92. The van der Waals surface area contributed by atoms with Gasteiger partial charge in [-0.2, -0.15) is 5.26 Å². The predicted octanol–water partition coefficient (Wildman–Crippen LogP) is 3.48. The van der Waals surface area contributed by atoms with Gasteiger partial charge in [0.1, 0.15) is 5.52 Å². The maximum atomic E-state index is 12.4. The highest BCUT2D eigenvalue weighted by atomic mass is 16.5. The smallest absolute Gasteiger partial charge is 0.253 e. The molecule has 1 aromatic heterocycles. The first-order chi connectivity index (χ1) is 11.2. The number of fused-ring (bicyclic) bond motifs is 1. The van der Waals surface area contributed by atoms with Crippen molar-refractivity contribution in [3.05, 3.63) is 54.1 Å². The molecule has 0 atom stereocenters. The minimum atomic E-state index is -0.123. The van der Waals surface area contributed by atoms with E-state index < -0.39 is 0 Å². The molecule has 0 bridgehead atoms. The lowest BCUT2D eigenvalue weighted by molar-refractivity contribution is 0.0798. The van der Waals surface area contributed by atoms with Crippen LogP contribution in [0.5, 0.6) is 0 Å². The lowest BCUT2D eigenvalue weighted by Crippen LogP contribution is -2.27. The van der Waals surface area contributed by atoms with Gasteiger partial charge in [-0.05, 0) is 18.2 Å². The molecule has 0 saturated heterocycles. The molecule has 0 spiro atoms. The lowest BCUT2D eigenvalue weighted by atomic mass is 10.1. The summed E-state index contributed by atoms with van der Waals surface area (Å²) in [6.07, 6.45) is 0.313. The molecule has 114 valence electrons. The first-order valence-electron chi connectivity index (χ1n) is 7.28. The Morgan fingerprint density at radius 3 is 2.78 bits per heavy atom. The molecule has 1 amide bonds. The Bertz CT molecular complexity index is 878. The van der Waals surface area contributed by atoms with Gasteiger partial charge in [0.05, 0.1) is 17.9 Å². The van der Waals surface area contributed by atoms with E-state index in [0.717, 1.165) is 10.9 Å². The van der Waals surface area contributed by atoms with E-state index >= 15 is 0 Å². The molecule has 0 aliphatic rings. The van der Waals surface area contributed by atoms with Crippen molar-refractivity contribution in [2.75, 3.05) is 13.6 Å². The Kier molecular flexibility index (Phi) is 4.07. The van der Waals surface area contributed by atoms with Gasteiger partial charge in [-0.3, -0.25) is 4.79 Å². The number of carbonyl (C=O) groups is 1. The number of aromatic nitrogens is 1. The number of carbonyl (C=O) groups excluding carboxylic acids is 1. The summed E-state index contributed by atoms with van der Waals surface area (Å²) in [5.74, 6) is 0.525. The van der Waals surface area contributed by atoms with Gasteiger partial charge >= 0.3 is 0 Å². The highest BCUT2D eigenvalue weighted by Gasteiger charge is 2.16. The average Bonchev–Trinajstić information content (AvgIpc) is 3.02. The SMILES string of the molecule is CN(CCC#N)C(=O)c1ccc2noc(-c3ccccc3)c2c1. The van der Waals surface area contributed by atoms with Crippen LogP contribution >= 0.6 is 0 Å². The second kappa shape index (κ2) is 6.32. The summed E-state index contributed by atoms with van der Waals surface area (Å²) in [7, 11) is 1.69. The van der Waals surface area contributed by atoms with E-state index in [1.165, 1.54) is 0 Å². The molecule has 5 heteroatoms. The Balaban J connectivity index is 1.98. The molecule has 3 rings (SSSR count). The quantitative estimate of drug-likeness (QED) is 0.740. The van der Waals surface area contributed by atoms with Crippen molar-refractivity contribution in [3.63, 3.8) is 0 Å². The molecule has 0 aliphatic heterocycles. The van der Waals surface area contributed by atoms with E-state index in [2.05, 4.69) is 5.16 Å². The first kappa shape index (κ1) is 14.8. The molecule has 0 unspecified atom stereocenters. The van der Waals surface area contributed by atoms with Crippen LogP contribution in [0.2, 0.25) is 0 Å². The van der Waals surface area contributed by atoms with Gasteiger partial charge in [-0.15, -0.1) is 0 Å². The number of hydrogen-bond acceptors (Lipinski definition) is 4. The molecular weight excluding hydrogens is 290 g/mol. The molecule has 0 aliphatic carbocycles.